The molecule has 0 saturated heterocycles. The smallest absolute Gasteiger partial charge is 0.251 e. The number of pyridine rings is 1. The van der Waals surface area contributed by atoms with Gasteiger partial charge in [0.25, 0.3) is 5.69 Å². The molecule has 0 saturated carbocycles. The first-order chi connectivity index (χ1) is 12.6. The standard InChI is InChI=1S/C20H18N2O4/c1-25-16-9-5-3-7-13(16)19-18(21)15(11-12-22(19)24)20(23)14-8-4-6-10-17(14)26-2/h3-12H,21H2,1-2H3. The molecular weight excluding hydrogens is 332 g/mol. The maximum atomic E-state index is 13.0. The average Bonchev–Trinajstić information content (AvgIpc) is 2.68. The first kappa shape index (κ1) is 17.3. The molecule has 0 unspecified atom stereocenters. The van der Waals surface area contributed by atoms with Gasteiger partial charge in [0.05, 0.1) is 30.9 Å². The summed E-state index contributed by atoms with van der Waals surface area (Å²) >= 11 is 0. The summed E-state index contributed by atoms with van der Waals surface area (Å²) in [6.07, 6.45) is 1.26. The number of hydrogen-bond donors (Lipinski definition) is 1. The highest BCUT2D eigenvalue weighted by atomic mass is 16.5. The Bertz CT molecular complexity index is 970. The van der Waals surface area contributed by atoms with Crippen molar-refractivity contribution in [1.82, 2.24) is 0 Å². The summed E-state index contributed by atoms with van der Waals surface area (Å²) < 4.78 is 11.2. The molecule has 0 atom stereocenters. The number of para-hydroxylation sites is 2. The van der Waals surface area contributed by atoms with Gasteiger partial charge in [0.1, 0.15) is 17.2 Å². The summed E-state index contributed by atoms with van der Waals surface area (Å²) in [4.78, 5) is 13.0. The van der Waals surface area contributed by atoms with Gasteiger partial charge < -0.3 is 20.4 Å². The van der Waals surface area contributed by atoms with E-state index in [9.17, 15) is 10.0 Å². The highest BCUT2D eigenvalue weighted by molar-refractivity contribution is 6.14. The topological polar surface area (TPSA) is 88.5 Å². The SMILES string of the molecule is COc1ccccc1C(=O)c1cc[n+]([O-])c(-c2ccccc2OC)c1N. The second-order valence-corrected chi connectivity index (χ2v) is 5.55. The van der Waals surface area contributed by atoms with Crippen LogP contribution in [0.1, 0.15) is 15.9 Å². The molecule has 0 amide bonds. The van der Waals surface area contributed by atoms with Gasteiger partial charge in [-0.15, -0.1) is 0 Å². The summed E-state index contributed by atoms with van der Waals surface area (Å²) in [5, 5.41) is 12.4. The number of benzene rings is 2. The van der Waals surface area contributed by atoms with E-state index < -0.39 is 0 Å². The number of nitrogen functional groups attached to an aromatic ring is 1. The lowest BCUT2D eigenvalue weighted by molar-refractivity contribution is -0.593. The van der Waals surface area contributed by atoms with Crippen molar-refractivity contribution in [1.29, 1.82) is 0 Å². The minimum Gasteiger partial charge on any atom is -0.618 e. The summed E-state index contributed by atoms with van der Waals surface area (Å²) in [5.74, 6) is 0.608. The van der Waals surface area contributed by atoms with Gasteiger partial charge in [-0.2, -0.15) is 4.73 Å². The quantitative estimate of drug-likeness (QED) is 0.434. The third kappa shape index (κ3) is 2.93. The van der Waals surface area contributed by atoms with Crippen LogP contribution in [-0.4, -0.2) is 20.0 Å². The highest BCUT2D eigenvalue weighted by Crippen LogP contribution is 2.33. The molecule has 3 rings (SSSR count). The van der Waals surface area contributed by atoms with E-state index in [1.165, 1.54) is 26.5 Å². The lowest BCUT2D eigenvalue weighted by Crippen LogP contribution is -2.31. The van der Waals surface area contributed by atoms with E-state index in [4.69, 9.17) is 15.2 Å². The molecule has 0 aliphatic rings. The van der Waals surface area contributed by atoms with E-state index in [2.05, 4.69) is 0 Å². The van der Waals surface area contributed by atoms with Crippen LogP contribution in [0.5, 0.6) is 11.5 Å². The fraction of sp³-hybridized carbons (Fsp3) is 0.100. The molecule has 132 valence electrons. The van der Waals surface area contributed by atoms with Crippen LogP contribution in [0.4, 0.5) is 5.69 Å². The van der Waals surface area contributed by atoms with Crippen molar-refractivity contribution < 1.29 is 19.0 Å². The third-order valence-corrected chi connectivity index (χ3v) is 4.10. The Kier molecular flexibility index (Phi) is 4.75. The van der Waals surface area contributed by atoms with Crippen LogP contribution in [0, 0.1) is 5.21 Å². The van der Waals surface area contributed by atoms with Gasteiger partial charge in [0.15, 0.2) is 12.0 Å². The largest absolute Gasteiger partial charge is 0.618 e. The molecule has 6 nitrogen and oxygen atoms in total. The van der Waals surface area contributed by atoms with E-state index in [0.29, 0.717) is 27.4 Å². The summed E-state index contributed by atoms with van der Waals surface area (Å²) in [6, 6.07) is 15.3. The second kappa shape index (κ2) is 7.14. The number of nitrogens with zero attached hydrogens (tertiary/aromatic N) is 1. The number of rotatable bonds is 5. The second-order valence-electron chi connectivity index (χ2n) is 5.55. The zero-order valence-corrected chi connectivity index (χ0v) is 14.4. The third-order valence-electron chi connectivity index (χ3n) is 4.10. The van der Waals surface area contributed by atoms with Gasteiger partial charge >= 0.3 is 0 Å². The molecule has 0 bridgehead atoms. The number of nitrogens with two attached hydrogens (primary N) is 1. The first-order valence-corrected chi connectivity index (χ1v) is 7.91. The van der Waals surface area contributed by atoms with Gasteiger partial charge in [0.2, 0.25) is 0 Å². The molecule has 0 aliphatic carbocycles. The molecule has 0 radical (unpaired) electrons. The zero-order chi connectivity index (χ0) is 18.7. The molecule has 0 spiro atoms. The van der Waals surface area contributed by atoms with Gasteiger partial charge in [-0.3, -0.25) is 4.79 Å². The lowest BCUT2D eigenvalue weighted by atomic mass is 9.98. The fourth-order valence-corrected chi connectivity index (χ4v) is 2.83. The Hall–Kier alpha value is -3.54. The lowest BCUT2D eigenvalue weighted by Gasteiger charge is -2.14. The summed E-state index contributed by atoms with van der Waals surface area (Å²) in [7, 11) is 3.00. The number of aromatic nitrogens is 1. The maximum Gasteiger partial charge on any atom is 0.251 e. The van der Waals surface area contributed by atoms with Crippen LogP contribution < -0.4 is 19.9 Å². The number of carbonyl (C=O) groups is 1. The summed E-state index contributed by atoms with van der Waals surface area (Å²) in [6.45, 7) is 0. The minimum atomic E-state index is -0.323. The van der Waals surface area contributed by atoms with Crippen LogP contribution in [-0.2, 0) is 0 Å². The van der Waals surface area contributed by atoms with Crippen molar-refractivity contribution in [3.8, 4) is 22.8 Å². The highest BCUT2D eigenvalue weighted by Gasteiger charge is 2.25. The average molecular weight is 350 g/mol. The number of methoxy groups -OCH3 is 2. The van der Waals surface area contributed by atoms with Crippen LogP contribution >= 0.6 is 0 Å². The zero-order valence-electron chi connectivity index (χ0n) is 14.4. The Balaban J connectivity index is 2.18. The number of anilines is 1. The van der Waals surface area contributed by atoms with Crippen molar-refractivity contribution in [2.75, 3.05) is 20.0 Å². The molecule has 2 aromatic carbocycles. The normalized spacial score (nSPS) is 10.4. The Morgan fingerprint density at radius 2 is 1.54 bits per heavy atom. The fourth-order valence-electron chi connectivity index (χ4n) is 2.83. The predicted molar refractivity (Wildman–Crippen MR) is 98.2 cm³/mol. The van der Waals surface area contributed by atoms with Crippen molar-refractivity contribution in [2.24, 2.45) is 0 Å². The number of ether oxygens (including phenoxy) is 2. The Morgan fingerprint density at radius 1 is 0.923 bits per heavy atom. The molecule has 0 fully saturated rings. The number of ketones is 1. The minimum absolute atomic E-state index is 0.0860. The molecular formula is C20H18N2O4. The predicted octanol–water partition coefficient (Wildman–Crippen LogP) is 2.82. The summed E-state index contributed by atoms with van der Waals surface area (Å²) in [5.41, 5.74) is 7.59. The van der Waals surface area contributed by atoms with Gasteiger partial charge in [0, 0.05) is 6.07 Å². The monoisotopic (exact) mass is 350 g/mol. The number of carbonyl (C=O) groups excluding carboxylic acids is 1. The van der Waals surface area contributed by atoms with Crippen molar-refractivity contribution in [3.63, 3.8) is 0 Å². The number of hydrogen-bond acceptors (Lipinski definition) is 5. The van der Waals surface area contributed by atoms with Crippen molar-refractivity contribution >= 4 is 11.5 Å². The Labute approximate surface area is 151 Å². The van der Waals surface area contributed by atoms with Gasteiger partial charge in [-0.25, -0.2) is 0 Å². The maximum absolute atomic E-state index is 13.0. The molecule has 26 heavy (non-hydrogen) atoms. The van der Waals surface area contributed by atoms with E-state index in [1.54, 1.807) is 48.5 Å². The van der Waals surface area contributed by atoms with Crippen molar-refractivity contribution in [3.05, 3.63) is 77.1 Å². The van der Waals surface area contributed by atoms with E-state index in [1.807, 2.05) is 0 Å². The van der Waals surface area contributed by atoms with Crippen LogP contribution in [0.3, 0.4) is 0 Å². The van der Waals surface area contributed by atoms with E-state index >= 15 is 0 Å². The molecule has 6 heteroatoms. The molecule has 2 N–H and O–H groups in total. The Morgan fingerprint density at radius 3 is 2.23 bits per heavy atom. The molecule has 1 heterocycles. The van der Waals surface area contributed by atoms with Crippen LogP contribution in [0.15, 0.2) is 60.8 Å². The van der Waals surface area contributed by atoms with Gasteiger partial charge in [-0.05, 0) is 24.3 Å². The first-order valence-electron chi connectivity index (χ1n) is 7.91. The molecule has 3 aromatic rings. The van der Waals surface area contributed by atoms with Crippen LogP contribution in [0.25, 0.3) is 11.3 Å². The molecule has 1 aromatic heterocycles. The van der Waals surface area contributed by atoms with Gasteiger partial charge in [-0.1, -0.05) is 24.3 Å². The van der Waals surface area contributed by atoms with Crippen LogP contribution in [0.2, 0.25) is 0 Å². The van der Waals surface area contributed by atoms with E-state index in [-0.39, 0.29) is 22.7 Å². The molecule has 0 aliphatic heterocycles. The van der Waals surface area contributed by atoms with Crippen molar-refractivity contribution in [2.45, 2.75) is 0 Å². The van der Waals surface area contributed by atoms with E-state index in [0.717, 1.165) is 0 Å².